The molecule has 1 aromatic carbocycles. The molecule has 0 saturated heterocycles. The van der Waals surface area contributed by atoms with E-state index >= 15 is 0 Å². The van der Waals surface area contributed by atoms with Gasteiger partial charge in [-0.2, -0.15) is 0 Å². The van der Waals surface area contributed by atoms with Crippen molar-refractivity contribution in [1.29, 1.82) is 0 Å². The molecule has 0 aliphatic rings. The Bertz CT molecular complexity index is 493. The molecule has 0 bridgehead atoms. The molecule has 0 spiro atoms. The molecule has 1 rings (SSSR count). The van der Waals surface area contributed by atoms with E-state index in [9.17, 15) is 13.2 Å². The standard InChI is InChI=1S/C11H15NO4S/c1-16-11(13)7-10(12)8-3-5-9(6-4-8)17(2,14)15/h3-6,10H,7,12H2,1-2H3/t10-/m1/s1. The molecule has 0 saturated carbocycles. The van der Waals surface area contributed by atoms with Crippen molar-refractivity contribution in [3.8, 4) is 0 Å². The van der Waals surface area contributed by atoms with Crippen LogP contribution in [0, 0.1) is 0 Å². The van der Waals surface area contributed by atoms with Crippen LogP contribution in [0.2, 0.25) is 0 Å². The van der Waals surface area contributed by atoms with E-state index in [0.29, 0.717) is 5.56 Å². The van der Waals surface area contributed by atoms with Crippen LogP contribution in [0.15, 0.2) is 29.2 Å². The van der Waals surface area contributed by atoms with Crippen LogP contribution < -0.4 is 5.73 Å². The fourth-order valence-electron chi connectivity index (χ4n) is 1.34. The van der Waals surface area contributed by atoms with Gasteiger partial charge in [-0.05, 0) is 17.7 Å². The summed E-state index contributed by atoms with van der Waals surface area (Å²) in [5, 5.41) is 0. The maximum absolute atomic E-state index is 11.2. The third-order valence-corrected chi connectivity index (χ3v) is 3.48. The molecule has 0 fully saturated rings. The van der Waals surface area contributed by atoms with E-state index < -0.39 is 21.8 Å². The minimum absolute atomic E-state index is 0.0642. The van der Waals surface area contributed by atoms with Gasteiger partial charge in [-0.1, -0.05) is 12.1 Å². The fourth-order valence-corrected chi connectivity index (χ4v) is 1.97. The van der Waals surface area contributed by atoms with Gasteiger partial charge in [0.2, 0.25) is 0 Å². The number of nitrogens with two attached hydrogens (primary N) is 1. The smallest absolute Gasteiger partial charge is 0.307 e. The number of hydrogen-bond acceptors (Lipinski definition) is 5. The van der Waals surface area contributed by atoms with Crippen LogP contribution in [0.4, 0.5) is 0 Å². The second-order valence-electron chi connectivity index (χ2n) is 3.73. The highest BCUT2D eigenvalue weighted by Gasteiger charge is 2.13. The van der Waals surface area contributed by atoms with Crippen LogP contribution in [0.25, 0.3) is 0 Å². The van der Waals surface area contributed by atoms with E-state index in [1.54, 1.807) is 12.1 Å². The van der Waals surface area contributed by atoms with Crippen molar-refractivity contribution in [1.82, 2.24) is 0 Å². The first-order chi connectivity index (χ1) is 7.84. The average Bonchev–Trinajstić information content (AvgIpc) is 2.27. The first-order valence-electron chi connectivity index (χ1n) is 4.97. The van der Waals surface area contributed by atoms with Gasteiger partial charge in [0, 0.05) is 12.3 Å². The summed E-state index contributed by atoms with van der Waals surface area (Å²) in [6.45, 7) is 0. The molecular formula is C11H15NO4S. The summed E-state index contributed by atoms with van der Waals surface area (Å²) >= 11 is 0. The second kappa shape index (κ2) is 5.29. The Balaban J connectivity index is 2.84. The van der Waals surface area contributed by atoms with Gasteiger partial charge in [0.1, 0.15) is 0 Å². The topological polar surface area (TPSA) is 86.5 Å². The van der Waals surface area contributed by atoms with Crippen LogP contribution in [0.3, 0.4) is 0 Å². The van der Waals surface area contributed by atoms with Crippen LogP contribution in [-0.2, 0) is 19.4 Å². The number of hydrogen-bond donors (Lipinski definition) is 1. The van der Waals surface area contributed by atoms with Gasteiger partial charge in [-0.25, -0.2) is 8.42 Å². The molecule has 0 aliphatic heterocycles. The zero-order valence-corrected chi connectivity index (χ0v) is 10.5. The first kappa shape index (κ1) is 13.7. The van der Waals surface area contributed by atoms with E-state index in [2.05, 4.69) is 4.74 Å². The number of benzene rings is 1. The highest BCUT2D eigenvalue weighted by Crippen LogP contribution is 2.17. The number of carbonyl (C=O) groups excluding carboxylic acids is 1. The van der Waals surface area contributed by atoms with Crippen molar-refractivity contribution in [2.45, 2.75) is 17.4 Å². The maximum atomic E-state index is 11.2. The predicted molar refractivity (Wildman–Crippen MR) is 63.1 cm³/mol. The number of sulfone groups is 1. The van der Waals surface area contributed by atoms with E-state index in [1.807, 2.05) is 0 Å². The molecule has 0 heterocycles. The lowest BCUT2D eigenvalue weighted by Gasteiger charge is -2.10. The quantitative estimate of drug-likeness (QED) is 0.800. The molecule has 94 valence electrons. The number of rotatable bonds is 4. The number of esters is 1. The maximum Gasteiger partial charge on any atom is 0.307 e. The molecule has 0 radical (unpaired) electrons. The summed E-state index contributed by atoms with van der Waals surface area (Å²) in [7, 11) is -1.91. The Morgan fingerprint density at radius 1 is 1.35 bits per heavy atom. The molecule has 0 amide bonds. The second-order valence-corrected chi connectivity index (χ2v) is 5.74. The molecule has 2 N–H and O–H groups in total. The van der Waals surface area contributed by atoms with Gasteiger partial charge in [0.05, 0.1) is 18.4 Å². The summed E-state index contributed by atoms with van der Waals surface area (Å²) < 4.78 is 27.0. The Hall–Kier alpha value is -1.40. The molecule has 17 heavy (non-hydrogen) atoms. The van der Waals surface area contributed by atoms with Crippen LogP contribution in [-0.4, -0.2) is 27.8 Å². The van der Waals surface area contributed by atoms with Crippen LogP contribution >= 0.6 is 0 Å². The van der Waals surface area contributed by atoms with Crippen molar-refractivity contribution in [2.24, 2.45) is 5.73 Å². The summed E-state index contributed by atoms with van der Waals surface area (Å²) in [6.07, 6.45) is 1.20. The van der Waals surface area contributed by atoms with E-state index in [1.165, 1.54) is 19.2 Å². The summed E-state index contributed by atoms with van der Waals surface area (Å²) in [6, 6.07) is 5.66. The van der Waals surface area contributed by atoms with Crippen molar-refractivity contribution in [2.75, 3.05) is 13.4 Å². The minimum atomic E-state index is -3.21. The molecule has 0 unspecified atom stereocenters. The van der Waals surface area contributed by atoms with Gasteiger partial charge < -0.3 is 10.5 Å². The normalized spacial score (nSPS) is 13.1. The molecule has 5 nitrogen and oxygen atoms in total. The lowest BCUT2D eigenvalue weighted by atomic mass is 10.1. The van der Waals surface area contributed by atoms with E-state index in [4.69, 9.17) is 5.73 Å². The largest absolute Gasteiger partial charge is 0.469 e. The highest BCUT2D eigenvalue weighted by molar-refractivity contribution is 7.90. The Morgan fingerprint density at radius 2 is 1.88 bits per heavy atom. The van der Waals surface area contributed by atoms with Crippen molar-refractivity contribution in [3.63, 3.8) is 0 Å². The van der Waals surface area contributed by atoms with Gasteiger partial charge in [0.25, 0.3) is 0 Å². The number of ether oxygens (including phenoxy) is 1. The Labute approximate surface area is 100 Å². The van der Waals surface area contributed by atoms with E-state index in [-0.39, 0.29) is 11.3 Å². The van der Waals surface area contributed by atoms with Gasteiger partial charge in [-0.15, -0.1) is 0 Å². The zero-order chi connectivity index (χ0) is 13.1. The summed E-state index contributed by atoms with van der Waals surface area (Å²) in [5.41, 5.74) is 6.48. The molecular weight excluding hydrogens is 242 g/mol. The van der Waals surface area contributed by atoms with Crippen molar-refractivity contribution >= 4 is 15.8 Å². The van der Waals surface area contributed by atoms with Gasteiger partial charge in [0.15, 0.2) is 9.84 Å². The third kappa shape index (κ3) is 3.83. The van der Waals surface area contributed by atoms with Gasteiger partial charge >= 0.3 is 5.97 Å². The Kier molecular flexibility index (Phi) is 4.25. The minimum Gasteiger partial charge on any atom is -0.469 e. The molecule has 0 aliphatic carbocycles. The predicted octanol–water partition coefficient (Wildman–Crippen LogP) is 0.653. The van der Waals surface area contributed by atoms with Gasteiger partial charge in [-0.3, -0.25) is 4.79 Å². The molecule has 1 atom stereocenters. The monoisotopic (exact) mass is 257 g/mol. The summed E-state index contributed by atoms with van der Waals surface area (Å²) in [4.78, 5) is 11.3. The first-order valence-corrected chi connectivity index (χ1v) is 6.86. The molecule has 0 aromatic heterocycles. The molecule has 1 aromatic rings. The fraction of sp³-hybridized carbons (Fsp3) is 0.364. The highest BCUT2D eigenvalue weighted by atomic mass is 32.2. The zero-order valence-electron chi connectivity index (χ0n) is 9.71. The average molecular weight is 257 g/mol. The number of carbonyl (C=O) groups is 1. The lowest BCUT2D eigenvalue weighted by molar-refractivity contribution is -0.141. The van der Waals surface area contributed by atoms with Crippen LogP contribution in [0.5, 0.6) is 0 Å². The molecule has 6 heteroatoms. The van der Waals surface area contributed by atoms with Crippen LogP contribution in [0.1, 0.15) is 18.0 Å². The van der Waals surface area contributed by atoms with Crippen molar-refractivity contribution in [3.05, 3.63) is 29.8 Å². The lowest BCUT2D eigenvalue weighted by Crippen LogP contribution is -2.16. The van der Waals surface area contributed by atoms with E-state index in [0.717, 1.165) is 6.26 Å². The van der Waals surface area contributed by atoms with Crippen molar-refractivity contribution < 1.29 is 17.9 Å². The SMILES string of the molecule is COC(=O)C[C@@H](N)c1ccc(S(C)(=O)=O)cc1. The third-order valence-electron chi connectivity index (χ3n) is 2.35. The number of methoxy groups -OCH3 is 1. The summed E-state index contributed by atoms with van der Waals surface area (Å²) in [5.74, 6) is -0.398. The Morgan fingerprint density at radius 3 is 2.29 bits per heavy atom.